The number of aromatic nitrogens is 3. The maximum atomic E-state index is 12.5. The molecule has 24 heavy (non-hydrogen) atoms. The third kappa shape index (κ3) is 3.73. The van der Waals surface area contributed by atoms with E-state index in [1.807, 2.05) is 41.5 Å². The summed E-state index contributed by atoms with van der Waals surface area (Å²) in [6.07, 6.45) is 0.867. The maximum Gasteiger partial charge on any atom is 0.273 e. The molecule has 3 heterocycles. The molecule has 0 aliphatic rings. The van der Waals surface area contributed by atoms with Crippen LogP contribution >= 0.6 is 22.7 Å². The monoisotopic (exact) mass is 360 g/mol. The van der Waals surface area contributed by atoms with Crippen molar-refractivity contribution >= 4 is 28.6 Å². The Morgan fingerprint density at radius 1 is 1.33 bits per heavy atom. The Balaban J connectivity index is 1.56. The van der Waals surface area contributed by atoms with Crippen molar-refractivity contribution in [2.24, 2.45) is 0 Å². The van der Waals surface area contributed by atoms with Crippen LogP contribution in [0.15, 0.2) is 29.0 Å². The number of carbonyl (C=O) groups is 1. The van der Waals surface area contributed by atoms with Crippen molar-refractivity contribution in [3.8, 4) is 9.88 Å². The second-order valence-electron chi connectivity index (χ2n) is 5.75. The van der Waals surface area contributed by atoms with Gasteiger partial charge in [0.15, 0.2) is 0 Å². The highest BCUT2D eigenvalue weighted by Crippen LogP contribution is 2.28. The van der Waals surface area contributed by atoms with E-state index in [1.165, 1.54) is 11.3 Å². The van der Waals surface area contributed by atoms with Gasteiger partial charge in [-0.3, -0.25) is 9.48 Å². The standard InChI is InChI=1S/C17H20N4OS2/c1-12-10-13(2)21(19-12)8-5-7-20(3)17(22)14-11-24-16(18-14)15-6-4-9-23-15/h4,6,9-11H,5,7-8H2,1-3H3. The first-order valence-corrected chi connectivity index (χ1v) is 9.56. The Morgan fingerprint density at radius 3 is 2.83 bits per heavy atom. The number of amides is 1. The van der Waals surface area contributed by atoms with Gasteiger partial charge in [-0.15, -0.1) is 22.7 Å². The maximum absolute atomic E-state index is 12.5. The number of hydrogen-bond donors (Lipinski definition) is 0. The molecule has 0 N–H and O–H groups in total. The quantitative estimate of drug-likeness (QED) is 0.671. The first-order chi connectivity index (χ1) is 11.5. The van der Waals surface area contributed by atoms with Gasteiger partial charge in [0.1, 0.15) is 10.7 Å². The molecule has 0 aliphatic carbocycles. The fraction of sp³-hybridized carbons (Fsp3) is 0.353. The van der Waals surface area contributed by atoms with Crippen molar-refractivity contribution in [3.05, 3.63) is 46.0 Å². The summed E-state index contributed by atoms with van der Waals surface area (Å²) in [6.45, 7) is 5.54. The molecule has 0 unspecified atom stereocenters. The molecule has 0 atom stereocenters. The van der Waals surface area contributed by atoms with E-state index in [0.717, 1.165) is 34.2 Å². The normalized spacial score (nSPS) is 11.0. The molecule has 3 aromatic heterocycles. The highest BCUT2D eigenvalue weighted by atomic mass is 32.1. The third-order valence-electron chi connectivity index (χ3n) is 3.77. The van der Waals surface area contributed by atoms with Gasteiger partial charge in [0.2, 0.25) is 0 Å². The summed E-state index contributed by atoms with van der Waals surface area (Å²) in [5.41, 5.74) is 2.71. The van der Waals surface area contributed by atoms with E-state index < -0.39 is 0 Å². The molecule has 0 aromatic carbocycles. The number of thiazole rings is 1. The highest BCUT2D eigenvalue weighted by Gasteiger charge is 2.16. The van der Waals surface area contributed by atoms with Crippen LogP contribution < -0.4 is 0 Å². The van der Waals surface area contributed by atoms with Gasteiger partial charge in [-0.05, 0) is 37.8 Å². The minimum absolute atomic E-state index is 0.0255. The van der Waals surface area contributed by atoms with Crippen LogP contribution in [0.3, 0.4) is 0 Å². The number of nitrogens with zero attached hydrogens (tertiary/aromatic N) is 4. The van der Waals surface area contributed by atoms with Gasteiger partial charge in [-0.1, -0.05) is 6.07 Å². The Kier molecular flexibility index (Phi) is 5.11. The molecule has 3 rings (SSSR count). The summed E-state index contributed by atoms with van der Waals surface area (Å²) in [5, 5.41) is 9.21. The second-order valence-corrected chi connectivity index (χ2v) is 7.55. The minimum Gasteiger partial charge on any atom is -0.340 e. The zero-order valence-electron chi connectivity index (χ0n) is 14.0. The Bertz CT molecular complexity index is 820. The van der Waals surface area contributed by atoms with E-state index in [1.54, 1.807) is 16.2 Å². The number of rotatable bonds is 6. The molecular formula is C17H20N4OS2. The van der Waals surface area contributed by atoms with E-state index in [9.17, 15) is 4.79 Å². The lowest BCUT2D eigenvalue weighted by molar-refractivity contribution is 0.0786. The van der Waals surface area contributed by atoms with E-state index in [2.05, 4.69) is 23.1 Å². The fourth-order valence-electron chi connectivity index (χ4n) is 2.54. The van der Waals surface area contributed by atoms with E-state index in [4.69, 9.17) is 0 Å². The molecule has 0 aliphatic heterocycles. The molecule has 0 bridgehead atoms. The molecule has 0 saturated carbocycles. The number of thiophene rings is 1. The van der Waals surface area contributed by atoms with Crippen molar-refractivity contribution in [3.63, 3.8) is 0 Å². The second kappa shape index (κ2) is 7.27. The summed E-state index contributed by atoms with van der Waals surface area (Å²) in [7, 11) is 1.83. The van der Waals surface area contributed by atoms with Gasteiger partial charge in [-0.2, -0.15) is 5.10 Å². The van der Waals surface area contributed by atoms with Crippen LogP contribution in [0.4, 0.5) is 0 Å². The largest absolute Gasteiger partial charge is 0.340 e. The van der Waals surface area contributed by atoms with E-state index in [0.29, 0.717) is 12.2 Å². The highest BCUT2D eigenvalue weighted by molar-refractivity contribution is 7.20. The van der Waals surface area contributed by atoms with Gasteiger partial charge in [0.25, 0.3) is 5.91 Å². The van der Waals surface area contributed by atoms with E-state index >= 15 is 0 Å². The van der Waals surface area contributed by atoms with Gasteiger partial charge < -0.3 is 4.90 Å². The molecule has 0 saturated heterocycles. The van der Waals surface area contributed by atoms with Crippen LogP contribution in [0.5, 0.6) is 0 Å². The number of hydrogen-bond acceptors (Lipinski definition) is 5. The lowest BCUT2D eigenvalue weighted by Crippen LogP contribution is -2.28. The first kappa shape index (κ1) is 16.9. The smallest absolute Gasteiger partial charge is 0.273 e. The van der Waals surface area contributed by atoms with Gasteiger partial charge >= 0.3 is 0 Å². The average molecular weight is 361 g/mol. The first-order valence-electron chi connectivity index (χ1n) is 7.80. The minimum atomic E-state index is -0.0255. The Hall–Kier alpha value is -1.99. The molecule has 7 heteroatoms. The SMILES string of the molecule is Cc1cc(C)n(CCCN(C)C(=O)c2csc(-c3cccs3)n2)n1. The van der Waals surface area contributed by atoms with Crippen LogP contribution in [-0.4, -0.2) is 39.2 Å². The molecule has 3 aromatic rings. The molecular weight excluding hydrogens is 340 g/mol. The van der Waals surface area contributed by atoms with Crippen molar-refractivity contribution in [1.29, 1.82) is 0 Å². The van der Waals surface area contributed by atoms with Gasteiger partial charge in [0, 0.05) is 31.2 Å². The summed E-state index contributed by atoms with van der Waals surface area (Å²) in [5.74, 6) is -0.0255. The zero-order valence-corrected chi connectivity index (χ0v) is 15.7. The van der Waals surface area contributed by atoms with Crippen LogP contribution in [0.1, 0.15) is 28.3 Å². The third-order valence-corrected chi connectivity index (χ3v) is 5.65. The predicted molar refractivity (Wildman–Crippen MR) is 98.7 cm³/mol. The number of carbonyl (C=O) groups excluding carboxylic acids is 1. The number of aryl methyl sites for hydroxylation is 3. The van der Waals surface area contributed by atoms with E-state index in [-0.39, 0.29) is 5.91 Å². The summed E-state index contributed by atoms with van der Waals surface area (Å²) in [6, 6.07) is 6.08. The summed E-state index contributed by atoms with van der Waals surface area (Å²) < 4.78 is 1.99. The fourth-order valence-corrected chi connectivity index (χ4v) is 4.15. The van der Waals surface area contributed by atoms with Crippen molar-refractivity contribution in [2.75, 3.05) is 13.6 Å². The topological polar surface area (TPSA) is 51.0 Å². The van der Waals surface area contributed by atoms with Crippen molar-refractivity contribution in [1.82, 2.24) is 19.7 Å². The summed E-state index contributed by atoms with van der Waals surface area (Å²) >= 11 is 3.15. The predicted octanol–water partition coefficient (Wildman–Crippen LogP) is 3.85. The Labute approximate surface area is 149 Å². The average Bonchev–Trinajstić information content (AvgIpc) is 3.27. The van der Waals surface area contributed by atoms with Crippen molar-refractivity contribution in [2.45, 2.75) is 26.8 Å². The molecule has 126 valence electrons. The van der Waals surface area contributed by atoms with Crippen LogP contribution in [0.2, 0.25) is 0 Å². The lowest BCUT2D eigenvalue weighted by Gasteiger charge is -2.16. The van der Waals surface area contributed by atoms with Crippen LogP contribution in [0, 0.1) is 13.8 Å². The van der Waals surface area contributed by atoms with Crippen LogP contribution in [0.25, 0.3) is 9.88 Å². The molecule has 1 amide bonds. The molecule has 0 radical (unpaired) electrons. The van der Waals surface area contributed by atoms with Gasteiger partial charge in [-0.25, -0.2) is 4.98 Å². The summed E-state index contributed by atoms with van der Waals surface area (Å²) in [4.78, 5) is 19.8. The lowest BCUT2D eigenvalue weighted by atomic mass is 10.3. The van der Waals surface area contributed by atoms with Gasteiger partial charge in [0.05, 0.1) is 10.6 Å². The molecule has 0 fully saturated rings. The Morgan fingerprint density at radius 2 is 2.17 bits per heavy atom. The molecule has 5 nitrogen and oxygen atoms in total. The van der Waals surface area contributed by atoms with Crippen LogP contribution in [-0.2, 0) is 6.54 Å². The zero-order chi connectivity index (χ0) is 17.1. The molecule has 0 spiro atoms. The van der Waals surface area contributed by atoms with Crippen molar-refractivity contribution < 1.29 is 4.79 Å².